The number of hydrogen-bond donors (Lipinski definition) is 0. The van der Waals surface area contributed by atoms with Gasteiger partial charge in [0.15, 0.2) is 0 Å². The third-order valence-corrected chi connectivity index (χ3v) is 17.8. The first-order chi connectivity index (χ1) is 52.3. The predicted octanol–water partition coefficient (Wildman–Crippen LogP) is 39.2. The summed E-state index contributed by atoms with van der Waals surface area (Å²) < 4.78 is 207. The molecule has 0 bridgehead atoms. The molecule has 0 radical (unpaired) electrons. The second-order valence-corrected chi connectivity index (χ2v) is 39.7. The van der Waals surface area contributed by atoms with Crippen LogP contribution in [0.4, 0.5) is 70.2 Å². The standard InChI is InChI=1S/4C10H20F2.2C10H18F2.C10H21F.2C10H19F.C10H17F/c2*1-8(2)5-6-10(11,12)7-9(3)4;4*1-8(2)6-5-7-10(11,12)9(3)4;4*1-8(2)6-5-7-10(11)9(3)4/h4*8-9H,5-7H2,1-4H3;5,7-9H,6H2,1-4H3;5-6,8-9H,7H2,1-4H3;8-10H,5-7H2,1-4H3;7-9H,5-6H2,1-4H3;5,7-10H,6H2,1-4H3;5-9H,1-4H3/b;;;;7-5+;6-5+;;10-7-;7-5+;6-5+,10-7-. The van der Waals surface area contributed by atoms with Crippen LogP contribution in [0.3, 0.4) is 0 Å². The molecule has 0 rings (SSSR count). The Hall–Kier alpha value is -2.68. The first-order valence-electron chi connectivity index (χ1n) is 45.2. The monoisotopic (exact) mass is 1700 g/mol. The molecule has 0 heterocycles. The Labute approximate surface area is 710 Å². The lowest BCUT2D eigenvalue weighted by atomic mass is 9.97. The fourth-order valence-corrected chi connectivity index (χ4v) is 9.00. The molecule has 0 saturated heterocycles. The first-order valence-corrected chi connectivity index (χ1v) is 45.2. The van der Waals surface area contributed by atoms with E-state index in [2.05, 4.69) is 83.1 Å². The second kappa shape index (κ2) is 76.0. The second-order valence-electron chi connectivity index (χ2n) is 39.7. The molecular formula is C100H192F16. The topological polar surface area (TPSA) is 0 Å². The highest BCUT2D eigenvalue weighted by atomic mass is 19.3. The van der Waals surface area contributed by atoms with Gasteiger partial charge in [-0.2, -0.15) is 0 Å². The summed E-state index contributed by atoms with van der Waals surface area (Å²) in [4.78, 5) is 0. The molecule has 0 aromatic heterocycles. The summed E-state index contributed by atoms with van der Waals surface area (Å²) in [5.41, 5.74) is 0. The van der Waals surface area contributed by atoms with Gasteiger partial charge in [-0.1, -0.05) is 351 Å². The number of hydrogen-bond acceptors (Lipinski definition) is 0. The maximum absolute atomic E-state index is 13.0. The van der Waals surface area contributed by atoms with Gasteiger partial charge in [0.2, 0.25) is 23.7 Å². The summed E-state index contributed by atoms with van der Waals surface area (Å²) in [5.74, 6) is -11.6. The van der Waals surface area contributed by atoms with E-state index in [-0.39, 0.29) is 92.1 Å². The van der Waals surface area contributed by atoms with Gasteiger partial charge in [0, 0.05) is 80.5 Å². The van der Waals surface area contributed by atoms with Crippen LogP contribution in [-0.4, -0.2) is 47.9 Å². The fraction of sp³-hybridized carbons (Fsp3) is 0.880. The predicted molar refractivity (Wildman–Crippen MR) is 484 cm³/mol. The minimum absolute atomic E-state index is 0.00631. The number of alkyl halides is 14. The van der Waals surface area contributed by atoms with Crippen LogP contribution in [0, 0.1) is 118 Å². The highest BCUT2D eigenvalue weighted by Crippen LogP contribution is 2.35. The maximum Gasteiger partial charge on any atom is 0.268 e. The van der Waals surface area contributed by atoms with Crippen LogP contribution in [0.1, 0.15) is 405 Å². The molecule has 0 aliphatic carbocycles. The van der Waals surface area contributed by atoms with Gasteiger partial charge in [-0.05, 0) is 153 Å². The molecule has 0 aliphatic heterocycles. The molecule has 0 aromatic rings. The lowest BCUT2D eigenvalue weighted by molar-refractivity contribution is -0.0549. The van der Waals surface area contributed by atoms with Crippen molar-refractivity contribution in [1.29, 1.82) is 0 Å². The lowest BCUT2D eigenvalue weighted by Crippen LogP contribution is -2.23. The summed E-state index contributed by atoms with van der Waals surface area (Å²) in [6.07, 6.45) is 26.3. The van der Waals surface area contributed by atoms with E-state index in [9.17, 15) is 70.2 Å². The quantitative estimate of drug-likeness (QED) is 0.0324. The van der Waals surface area contributed by atoms with Crippen LogP contribution in [0.25, 0.3) is 0 Å². The van der Waals surface area contributed by atoms with Crippen molar-refractivity contribution in [3.05, 3.63) is 72.4 Å². The van der Waals surface area contributed by atoms with Crippen molar-refractivity contribution >= 4 is 0 Å². The Kier molecular flexibility index (Phi) is 87.8. The van der Waals surface area contributed by atoms with Crippen LogP contribution in [0.2, 0.25) is 0 Å². The summed E-state index contributed by atoms with van der Waals surface area (Å²) in [5, 5.41) is 0. The van der Waals surface area contributed by atoms with Gasteiger partial charge < -0.3 is 0 Å². The van der Waals surface area contributed by atoms with Crippen molar-refractivity contribution in [3.8, 4) is 0 Å². The van der Waals surface area contributed by atoms with Crippen molar-refractivity contribution in [2.24, 2.45) is 118 Å². The van der Waals surface area contributed by atoms with Crippen LogP contribution in [0.15, 0.2) is 72.4 Å². The Morgan fingerprint density at radius 2 is 0.638 bits per heavy atom. The van der Waals surface area contributed by atoms with E-state index in [4.69, 9.17) is 0 Å². The number of halogens is 16. The maximum atomic E-state index is 13.0. The Morgan fingerprint density at radius 1 is 0.302 bits per heavy atom. The van der Waals surface area contributed by atoms with E-state index in [0.717, 1.165) is 69.8 Å². The van der Waals surface area contributed by atoms with E-state index < -0.39 is 71.6 Å². The minimum atomic E-state index is -2.64. The largest absolute Gasteiger partial charge is 0.268 e. The van der Waals surface area contributed by atoms with Crippen molar-refractivity contribution in [1.82, 2.24) is 0 Å². The average molecular weight is 1700 g/mol. The van der Waals surface area contributed by atoms with Crippen molar-refractivity contribution < 1.29 is 70.2 Å². The molecule has 0 N–H and O–H groups in total. The SMILES string of the molecule is CC(C)/C=C/C=C(\F)C(C)C.CC(C)/C=C/CC(F)(F)C(C)C.CC(C)C/C=C/C(F)(F)C(C)C.CC(C)C/C=C/C(F)C(C)C.CC(C)CC/C=C(\F)C(C)C.CC(C)CCC(F)(F)CC(C)C.CC(C)CCC(F)(F)CC(C)C.CC(C)CCCC(F)(F)C(C)C.CC(C)CCCC(F)(F)C(C)C.CC(C)CCCC(F)C(C)C. The average Bonchev–Trinajstić information content (AvgIpc) is 0.804. The van der Waals surface area contributed by atoms with Crippen molar-refractivity contribution in [2.75, 3.05) is 0 Å². The molecule has 704 valence electrons. The zero-order valence-corrected chi connectivity index (χ0v) is 82.7. The van der Waals surface area contributed by atoms with Crippen LogP contribution < -0.4 is 0 Å². The van der Waals surface area contributed by atoms with E-state index in [1.54, 1.807) is 71.9 Å². The lowest BCUT2D eigenvalue weighted by Gasteiger charge is -2.20. The molecule has 2 atom stereocenters. The number of allylic oxidation sites excluding steroid dienone is 12. The molecule has 0 saturated carbocycles. The summed E-state index contributed by atoms with van der Waals surface area (Å²) in [6.45, 7) is 76.1. The van der Waals surface area contributed by atoms with Gasteiger partial charge in [-0.15, -0.1) is 0 Å². The molecule has 0 aromatic carbocycles. The molecule has 0 amide bonds. The molecule has 16 heteroatoms. The smallest absolute Gasteiger partial charge is 0.247 e. The first kappa shape index (κ1) is 134. The van der Waals surface area contributed by atoms with Crippen LogP contribution in [0.5, 0.6) is 0 Å². The molecule has 116 heavy (non-hydrogen) atoms. The van der Waals surface area contributed by atoms with E-state index in [1.807, 2.05) is 157 Å². The highest BCUT2D eigenvalue weighted by molar-refractivity contribution is 5.09. The summed E-state index contributed by atoms with van der Waals surface area (Å²) in [7, 11) is 0. The van der Waals surface area contributed by atoms with Gasteiger partial charge in [0.1, 0.15) is 18.2 Å². The third-order valence-electron chi connectivity index (χ3n) is 17.8. The molecule has 0 nitrogen and oxygen atoms in total. The minimum Gasteiger partial charge on any atom is -0.247 e. The van der Waals surface area contributed by atoms with Gasteiger partial charge in [-0.25, -0.2) is 70.2 Å². The van der Waals surface area contributed by atoms with Gasteiger partial charge in [-0.3, -0.25) is 0 Å². The fourth-order valence-electron chi connectivity index (χ4n) is 9.00. The Balaban J connectivity index is -0.000000135. The molecule has 2 unspecified atom stereocenters. The normalized spacial score (nSPS) is 13.6. The summed E-state index contributed by atoms with van der Waals surface area (Å²) >= 11 is 0. The molecule has 0 fully saturated rings. The van der Waals surface area contributed by atoms with Crippen LogP contribution in [-0.2, 0) is 0 Å². The van der Waals surface area contributed by atoms with E-state index >= 15 is 0 Å². The number of rotatable bonds is 44. The van der Waals surface area contributed by atoms with E-state index in [1.165, 1.54) is 19.9 Å². The van der Waals surface area contributed by atoms with Crippen molar-refractivity contribution in [2.45, 2.75) is 453 Å². The van der Waals surface area contributed by atoms with Gasteiger partial charge >= 0.3 is 0 Å². The van der Waals surface area contributed by atoms with Crippen molar-refractivity contribution in [3.63, 3.8) is 0 Å². The van der Waals surface area contributed by atoms with Gasteiger partial charge in [0.25, 0.3) is 11.8 Å². The Bertz CT molecular complexity index is 2220. The molecule has 0 aliphatic rings. The summed E-state index contributed by atoms with van der Waals surface area (Å²) in [6, 6.07) is 0. The highest BCUT2D eigenvalue weighted by Gasteiger charge is 2.35. The van der Waals surface area contributed by atoms with E-state index in [0.29, 0.717) is 78.9 Å². The molecular weight excluding hydrogens is 1510 g/mol. The zero-order chi connectivity index (χ0) is 94.1. The molecule has 0 spiro atoms. The van der Waals surface area contributed by atoms with Gasteiger partial charge in [0.05, 0.1) is 5.83 Å². The zero-order valence-electron chi connectivity index (χ0n) is 82.7. The Morgan fingerprint density at radius 3 is 0.914 bits per heavy atom. The third kappa shape index (κ3) is 109. The van der Waals surface area contributed by atoms with Crippen LogP contribution >= 0.6 is 0 Å².